The van der Waals surface area contributed by atoms with Crippen LogP contribution in [-0.2, 0) is 4.79 Å². The van der Waals surface area contributed by atoms with Crippen LogP contribution in [0.2, 0.25) is 0 Å². The van der Waals surface area contributed by atoms with Crippen molar-refractivity contribution in [3.05, 3.63) is 0 Å². The van der Waals surface area contributed by atoms with E-state index in [1.807, 2.05) is 0 Å². The highest BCUT2D eigenvalue weighted by atomic mass is 16.1. The van der Waals surface area contributed by atoms with E-state index in [0.717, 1.165) is 0 Å². The molecule has 0 saturated heterocycles. The summed E-state index contributed by atoms with van der Waals surface area (Å²) in [6, 6.07) is 0. The zero-order valence-electron chi connectivity index (χ0n) is 9.58. The predicted molar refractivity (Wildman–Crippen MR) is 61.7 cm³/mol. The molecule has 1 rings (SSSR count). The van der Waals surface area contributed by atoms with Crippen molar-refractivity contribution in [3.8, 4) is 0 Å². The summed E-state index contributed by atoms with van der Waals surface area (Å²) in [5.41, 5.74) is 5.34. The predicted octanol–water partition coefficient (Wildman–Crippen LogP) is -0.0389. The molecule has 7 heteroatoms. The highest BCUT2D eigenvalue weighted by Crippen LogP contribution is 1.98. The second-order valence-electron chi connectivity index (χ2n) is 3.92. The van der Waals surface area contributed by atoms with E-state index < -0.39 is 0 Å². The Balaban J connectivity index is 2.13. The molecule has 5 N–H and O–H groups in total. The van der Waals surface area contributed by atoms with Gasteiger partial charge in [-0.25, -0.2) is 5.10 Å². The summed E-state index contributed by atoms with van der Waals surface area (Å²) in [6.07, 6.45) is 0.390. The Morgan fingerprint density at radius 3 is 2.88 bits per heavy atom. The van der Waals surface area contributed by atoms with Crippen LogP contribution < -0.4 is 16.4 Å². The van der Waals surface area contributed by atoms with Crippen LogP contribution in [0.4, 0.5) is 11.9 Å². The van der Waals surface area contributed by atoms with E-state index in [2.05, 4.69) is 39.7 Å². The molecular weight excluding hydrogens is 208 g/mol. The standard InChI is InChI=1S/C9H18N6O/c1-6(2)5-12-7(16)3-4-11-9-13-8(10)14-15-9/h6H,3-5H2,1-2H3,(H,12,16)(H4,10,11,13,14,15). The molecule has 90 valence electrons. The molecule has 0 atom stereocenters. The Morgan fingerprint density at radius 2 is 2.31 bits per heavy atom. The van der Waals surface area contributed by atoms with Gasteiger partial charge in [0.25, 0.3) is 0 Å². The minimum Gasteiger partial charge on any atom is -0.368 e. The zero-order valence-corrected chi connectivity index (χ0v) is 9.58. The average Bonchev–Trinajstić information content (AvgIpc) is 2.61. The van der Waals surface area contributed by atoms with E-state index in [0.29, 0.717) is 31.4 Å². The number of carbonyl (C=O) groups excluding carboxylic acids is 1. The molecule has 1 amide bonds. The van der Waals surface area contributed by atoms with Crippen LogP contribution in [0.25, 0.3) is 0 Å². The molecule has 0 aliphatic carbocycles. The molecule has 1 aromatic heterocycles. The van der Waals surface area contributed by atoms with Crippen molar-refractivity contribution in [3.63, 3.8) is 0 Å². The monoisotopic (exact) mass is 226 g/mol. The van der Waals surface area contributed by atoms with Gasteiger partial charge in [0.05, 0.1) is 0 Å². The first kappa shape index (κ1) is 12.3. The molecule has 0 aliphatic rings. The van der Waals surface area contributed by atoms with Gasteiger partial charge in [-0.05, 0) is 5.92 Å². The summed E-state index contributed by atoms with van der Waals surface area (Å²) in [5, 5.41) is 12.0. The Hall–Kier alpha value is -1.79. The van der Waals surface area contributed by atoms with E-state index in [-0.39, 0.29) is 11.9 Å². The fourth-order valence-electron chi connectivity index (χ4n) is 1.05. The van der Waals surface area contributed by atoms with Gasteiger partial charge in [-0.15, -0.1) is 5.10 Å². The number of hydrogen-bond donors (Lipinski definition) is 4. The summed E-state index contributed by atoms with van der Waals surface area (Å²) in [6.45, 7) is 5.29. The second kappa shape index (κ2) is 5.94. The Kier molecular flexibility index (Phi) is 4.56. The van der Waals surface area contributed by atoms with Gasteiger partial charge in [0.2, 0.25) is 17.8 Å². The maximum atomic E-state index is 11.3. The molecule has 1 heterocycles. The maximum Gasteiger partial charge on any atom is 0.243 e. The number of nitrogens with one attached hydrogen (secondary N) is 3. The quantitative estimate of drug-likeness (QED) is 0.544. The number of H-pyrrole nitrogens is 1. The van der Waals surface area contributed by atoms with Crippen LogP contribution in [0, 0.1) is 5.92 Å². The van der Waals surface area contributed by atoms with Crippen molar-refractivity contribution < 1.29 is 4.79 Å². The van der Waals surface area contributed by atoms with E-state index in [1.54, 1.807) is 0 Å². The van der Waals surface area contributed by atoms with Crippen molar-refractivity contribution >= 4 is 17.8 Å². The van der Waals surface area contributed by atoms with Gasteiger partial charge in [-0.3, -0.25) is 4.79 Å². The molecule has 0 aliphatic heterocycles. The maximum absolute atomic E-state index is 11.3. The fraction of sp³-hybridized carbons (Fsp3) is 0.667. The number of nitrogens with two attached hydrogens (primary N) is 1. The smallest absolute Gasteiger partial charge is 0.243 e. The first-order valence-electron chi connectivity index (χ1n) is 5.26. The summed E-state index contributed by atoms with van der Waals surface area (Å²) in [7, 11) is 0. The third-order valence-electron chi connectivity index (χ3n) is 1.85. The lowest BCUT2D eigenvalue weighted by molar-refractivity contribution is -0.120. The zero-order chi connectivity index (χ0) is 12.0. The Labute approximate surface area is 94.2 Å². The molecule has 0 bridgehead atoms. The number of anilines is 2. The van der Waals surface area contributed by atoms with Crippen LogP contribution in [-0.4, -0.2) is 34.2 Å². The third kappa shape index (κ3) is 4.63. The summed E-state index contributed by atoms with van der Waals surface area (Å²) in [5.74, 6) is 1.15. The normalized spacial score (nSPS) is 10.4. The van der Waals surface area contributed by atoms with Gasteiger partial charge in [0.15, 0.2) is 0 Å². The van der Waals surface area contributed by atoms with Gasteiger partial charge in [0.1, 0.15) is 0 Å². The molecule has 0 unspecified atom stereocenters. The van der Waals surface area contributed by atoms with Crippen LogP contribution in [0.15, 0.2) is 0 Å². The number of rotatable bonds is 6. The first-order valence-corrected chi connectivity index (χ1v) is 5.26. The van der Waals surface area contributed by atoms with Crippen molar-refractivity contribution in [2.24, 2.45) is 5.92 Å². The first-order chi connectivity index (χ1) is 7.58. The van der Waals surface area contributed by atoms with Crippen LogP contribution >= 0.6 is 0 Å². The molecule has 7 nitrogen and oxygen atoms in total. The van der Waals surface area contributed by atoms with E-state index in [9.17, 15) is 4.79 Å². The number of carbonyl (C=O) groups is 1. The molecule has 0 radical (unpaired) electrons. The van der Waals surface area contributed by atoms with Crippen LogP contribution in [0.3, 0.4) is 0 Å². The number of aromatic amines is 1. The Bertz CT molecular complexity index is 334. The van der Waals surface area contributed by atoms with Crippen molar-refractivity contribution in [2.75, 3.05) is 24.1 Å². The molecule has 1 aromatic rings. The van der Waals surface area contributed by atoms with E-state index in [4.69, 9.17) is 5.73 Å². The highest BCUT2D eigenvalue weighted by molar-refractivity contribution is 5.76. The molecule has 0 fully saturated rings. The highest BCUT2D eigenvalue weighted by Gasteiger charge is 2.03. The number of aromatic nitrogens is 3. The lowest BCUT2D eigenvalue weighted by Crippen LogP contribution is -2.28. The van der Waals surface area contributed by atoms with E-state index in [1.165, 1.54) is 0 Å². The Morgan fingerprint density at radius 1 is 1.56 bits per heavy atom. The summed E-state index contributed by atoms with van der Waals surface area (Å²) in [4.78, 5) is 15.2. The number of hydrogen-bond acceptors (Lipinski definition) is 5. The molecular formula is C9H18N6O. The lowest BCUT2D eigenvalue weighted by atomic mass is 10.2. The third-order valence-corrected chi connectivity index (χ3v) is 1.85. The van der Waals surface area contributed by atoms with Gasteiger partial charge in [0, 0.05) is 19.5 Å². The summed E-state index contributed by atoms with van der Waals surface area (Å²) < 4.78 is 0. The molecule has 16 heavy (non-hydrogen) atoms. The van der Waals surface area contributed by atoms with Crippen molar-refractivity contribution in [1.82, 2.24) is 20.5 Å². The minimum atomic E-state index is 0.0182. The van der Waals surface area contributed by atoms with Gasteiger partial charge in [-0.2, -0.15) is 4.98 Å². The van der Waals surface area contributed by atoms with Gasteiger partial charge < -0.3 is 16.4 Å². The lowest BCUT2D eigenvalue weighted by Gasteiger charge is -2.07. The van der Waals surface area contributed by atoms with Crippen molar-refractivity contribution in [1.29, 1.82) is 0 Å². The number of amides is 1. The molecule has 0 spiro atoms. The number of nitrogens with zero attached hydrogens (tertiary/aromatic N) is 2. The van der Waals surface area contributed by atoms with Crippen LogP contribution in [0.5, 0.6) is 0 Å². The topological polar surface area (TPSA) is 109 Å². The average molecular weight is 226 g/mol. The van der Waals surface area contributed by atoms with Crippen LogP contribution in [0.1, 0.15) is 20.3 Å². The minimum absolute atomic E-state index is 0.0182. The number of nitrogen functional groups attached to an aromatic ring is 1. The SMILES string of the molecule is CC(C)CNC(=O)CCNc1n[nH]c(N)n1. The van der Waals surface area contributed by atoms with Crippen molar-refractivity contribution in [2.45, 2.75) is 20.3 Å². The van der Waals surface area contributed by atoms with Gasteiger partial charge in [-0.1, -0.05) is 13.8 Å². The fourth-order valence-corrected chi connectivity index (χ4v) is 1.05. The molecule has 0 aromatic carbocycles. The second-order valence-corrected chi connectivity index (χ2v) is 3.92. The van der Waals surface area contributed by atoms with E-state index >= 15 is 0 Å². The molecule has 0 saturated carbocycles. The largest absolute Gasteiger partial charge is 0.368 e. The van der Waals surface area contributed by atoms with Gasteiger partial charge >= 0.3 is 0 Å². The summed E-state index contributed by atoms with van der Waals surface area (Å²) >= 11 is 0.